The van der Waals surface area contributed by atoms with E-state index in [2.05, 4.69) is 5.32 Å². The minimum Gasteiger partial charge on any atom is -0.481 e. The Kier molecular flexibility index (Phi) is 3.46. The molecule has 5 nitrogen and oxygen atoms in total. The number of aliphatic carboxylic acids is 1. The van der Waals surface area contributed by atoms with E-state index in [1.54, 1.807) is 6.92 Å². The summed E-state index contributed by atoms with van der Waals surface area (Å²) in [5.74, 6) is -1.56. The predicted octanol–water partition coefficient (Wildman–Crippen LogP) is -0.297. The monoisotopic (exact) mass is 200 g/mol. The SMILES string of the molecule is C[C@H](N)C(=O)N[C@@H]1CCC[C@@H]1C(=O)O. The standard InChI is InChI=1S/C9H16N2O3/c1-5(10)8(12)11-7-4-2-3-6(7)9(13)14/h5-7H,2-4,10H2,1H3,(H,11,12)(H,13,14)/t5-,6-,7+/m0/s1. The Morgan fingerprint density at radius 2 is 2.14 bits per heavy atom. The number of nitrogens with one attached hydrogen (secondary N) is 1. The Hall–Kier alpha value is -1.10. The lowest BCUT2D eigenvalue weighted by atomic mass is 10.0. The Morgan fingerprint density at radius 3 is 2.64 bits per heavy atom. The number of carbonyl (C=O) groups excluding carboxylic acids is 1. The van der Waals surface area contributed by atoms with Crippen LogP contribution in [0.4, 0.5) is 0 Å². The number of hydrogen-bond acceptors (Lipinski definition) is 3. The summed E-state index contributed by atoms with van der Waals surface area (Å²) < 4.78 is 0. The number of carboxylic acids is 1. The van der Waals surface area contributed by atoms with Crippen LogP contribution in [-0.2, 0) is 9.59 Å². The molecule has 0 aromatic carbocycles. The second kappa shape index (κ2) is 4.41. The first-order valence-corrected chi connectivity index (χ1v) is 4.81. The normalized spacial score (nSPS) is 28.4. The van der Waals surface area contributed by atoms with E-state index in [1.807, 2.05) is 0 Å². The van der Waals surface area contributed by atoms with Crippen LogP contribution in [0.1, 0.15) is 26.2 Å². The van der Waals surface area contributed by atoms with E-state index < -0.39 is 17.9 Å². The van der Waals surface area contributed by atoms with Crippen LogP contribution in [0, 0.1) is 5.92 Å². The molecule has 1 aliphatic carbocycles. The van der Waals surface area contributed by atoms with Crippen molar-refractivity contribution in [3.63, 3.8) is 0 Å². The zero-order valence-electron chi connectivity index (χ0n) is 8.19. The average Bonchev–Trinajstić information content (AvgIpc) is 2.52. The maximum Gasteiger partial charge on any atom is 0.308 e. The fourth-order valence-electron chi connectivity index (χ4n) is 1.74. The van der Waals surface area contributed by atoms with E-state index in [0.717, 1.165) is 12.8 Å². The molecule has 0 radical (unpaired) electrons. The van der Waals surface area contributed by atoms with Gasteiger partial charge in [0.1, 0.15) is 0 Å². The Morgan fingerprint density at radius 1 is 1.50 bits per heavy atom. The van der Waals surface area contributed by atoms with Crippen molar-refractivity contribution in [3.05, 3.63) is 0 Å². The van der Waals surface area contributed by atoms with Crippen LogP contribution in [0.25, 0.3) is 0 Å². The zero-order valence-corrected chi connectivity index (χ0v) is 8.19. The molecule has 0 bridgehead atoms. The molecule has 0 aromatic heterocycles. The first-order valence-electron chi connectivity index (χ1n) is 4.81. The predicted molar refractivity (Wildman–Crippen MR) is 50.6 cm³/mol. The Labute approximate surface area is 82.7 Å². The summed E-state index contributed by atoms with van der Waals surface area (Å²) in [4.78, 5) is 22.0. The quantitative estimate of drug-likeness (QED) is 0.583. The van der Waals surface area contributed by atoms with Gasteiger partial charge in [0.15, 0.2) is 0 Å². The van der Waals surface area contributed by atoms with Gasteiger partial charge in [0.05, 0.1) is 12.0 Å². The van der Waals surface area contributed by atoms with Gasteiger partial charge in [0.25, 0.3) is 0 Å². The topological polar surface area (TPSA) is 92.4 Å². The summed E-state index contributed by atoms with van der Waals surface area (Å²) in [5.41, 5.74) is 5.38. The van der Waals surface area contributed by atoms with E-state index in [9.17, 15) is 9.59 Å². The molecule has 14 heavy (non-hydrogen) atoms. The highest BCUT2D eigenvalue weighted by Crippen LogP contribution is 2.25. The molecule has 0 saturated heterocycles. The van der Waals surface area contributed by atoms with Crippen molar-refractivity contribution in [1.82, 2.24) is 5.32 Å². The van der Waals surface area contributed by atoms with Crippen LogP contribution in [0.3, 0.4) is 0 Å². The molecule has 1 saturated carbocycles. The molecule has 1 amide bonds. The summed E-state index contributed by atoms with van der Waals surface area (Å²) in [6.07, 6.45) is 2.22. The van der Waals surface area contributed by atoms with Crippen LogP contribution >= 0.6 is 0 Å². The van der Waals surface area contributed by atoms with Crippen LogP contribution < -0.4 is 11.1 Å². The Bertz CT molecular complexity index is 240. The van der Waals surface area contributed by atoms with Gasteiger partial charge in [-0.1, -0.05) is 6.42 Å². The zero-order chi connectivity index (χ0) is 10.7. The smallest absolute Gasteiger partial charge is 0.308 e. The van der Waals surface area contributed by atoms with E-state index in [0.29, 0.717) is 6.42 Å². The van der Waals surface area contributed by atoms with Crippen LogP contribution in [0.5, 0.6) is 0 Å². The molecule has 5 heteroatoms. The lowest BCUT2D eigenvalue weighted by molar-refractivity contribution is -0.142. The minimum absolute atomic E-state index is 0.244. The summed E-state index contributed by atoms with van der Waals surface area (Å²) >= 11 is 0. The highest BCUT2D eigenvalue weighted by Gasteiger charge is 2.34. The van der Waals surface area contributed by atoms with E-state index >= 15 is 0 Å². The fourth-order valence-corrected chi connectivity index (χ4v) is 1.74. The molecular weight excluding hydrogens is 184 g/mol. The molecule has 0 heterocycles. The van der Waals surface area contributed by atoms with Crippen molar-refractivity contribution in [3.8, 4) is 0 Å². The second-order valence-electron chi connectivity index (χ2n) is 3.78. The molecule has 0 spiro atoms. The number of nitrogens with two attached hydrogens (primary N) is 1. The first kappa shape index (κ1) is 11.0. The number of rotatable bonds is 3. The summed E-state index contributed by atoms with van der Waals surface area (Å²) in [7, 11) is 0. The Balaban J connectivity index is 2.51. The molecule has 3 atom stereocenters. The fraction of sp³-hybridized carbons (Fsp3) is 0.778. The average molecular weight is 200 g/mol. The van der Waals surface area contributed by atoms with Crippen LogP contribution in [0.15, 0.2) is 0 Å². The van der Waals surface area contributed by atoms with Crippen molar-refractivity contribution in [2.24, 2.45) is 11.7 Å². The largest absolute Gasteiger partial charge is 0.481 e. The summed E-state index contributed by atoms with van der Waals surface area (Å²) in [6.45, 7) is 1.58. The van der Waals surface area contributed by atoms with Gasteiger partial charge in [-0.05, 0) is 19.8 Å². The summed E-state index contributed by atoms with van der Waals surface area (Å²) in [5, 5.41) is 11.5. The van der Waals surface area contributed by atoms with Gasteiger partial charge < -0.3 is 16.2 Å². The summed E-state index contributed by atoms with van der Waals surface area (Å²) in [6, 6.07) is -0.823. The van der Waals surface area contributed by atoms with Crippen molar-refractivity contribution in [2.45, 2.75) is 38.3 Å². The van der Waals surface area contributed by atoms with Gasteiger partial charge >= 0.3 is 5.97 Å². The van der Waals surface area contributed by atoms with Crippen LogP contribution in [-0.4, -0.2) is 29.1 Å². The third-order valence-corrected chi connectivity index (χ3v) is 2.57. The van der Waals surface area contributed by atoms with Crippen molar-refractivity contribution < 1.29 is 14.7 Å². The van der Waals surface area contributed by atoms with Gasteiger partial charge in [-0.2, -0.15) is 0 Å². The number of hydrogen-bond donors (Lipinski definition) is 3. The minimum atomic E-state index is -0.836. The third-order valence-electron chi connectivity index (χ3n) is 2.57. The van der Waals surface area contributed by atoms with E-state index in [4.69, 9.17) is 10.8 Å². The van der Waals surface area contributed by atoms with Crippen molar-refractivity contribution in [2.75, 3.05) is 0 Å². The molecule has 1 rings (SSSR count). The highest BCUT2D eigenvalue weighted by atomic mass is 16.4. The second-order valence-corrected chi connectivity index (χ2v) is 3.78. The molecule has 1 fully saturated rings. The van der Waals surface area contributed by atoms with Gasteiger partial charge in [-0.15, -0.1) is 0 Å². The highest BCUT2D eigenvalue weighted by molar-refractivity contribution is 5.82. The van der Waals surface area contributed by atoms with Gasteiger partial charge in [-0.25, -0.2) is 0 Å². The molecule has 1 aliphatic rings. The molecule has 0 unspecified atom stereocenters. The molecule has 0 aromatic rings. The lowest BCUT2D eigenvalue weighted by Crippen LogP contribution is -2.46. The first-order chi connectivity index (χ1) is 6.52. The number of carbonyl (C=O) groups is 2. The van der Waals surface area contributed by atoms with Gasteiger partial charge in [0.2, 0.25) is 5.91 Å². The maximum atomic E-state index is 11.2. The maximum absolute atomic E-state index is 11.2. The van der Waals surface area contributed by atoms with E-state index in [1.165, 1.54) is 0 Å². The molecular formula is C9H16N2O3. The number of carboxylic acid groups (broad SMARTS) is 1. The molecule has 0 aliphatic heterocycles. The van der Waals surface area contributed by atoms with Crippen molar-refractivity contribution >= 4 is 11.9 Å². The van der Waals surface area contributed by atoms with Crippen LogP contribution in [0.2, 0.25) is 0 Å². The molecule has 4 N–H and O–H groups in total. The van der Waals surface area contributed by atoms with Gasteiger partial charge in [0, 0.05) is 6.04 Å². The van der Waals surface area contributed by atoms with Gasteiger partial charge in [-0.3, -0.25) is 9.59 Å². The molecule has 80 valence electrons. The number of amides is 1. The lowest BCUT2D eigenvalue weighted by Gasteiger charge is -2.18. The van der Waals surface area contributed by atoms with E-state index in [-0.39, 0.29) is 11.9 Å². The third kappa shape index (κ3) is 2.45. The van der Waals surface area contributed by atoms with Crippen molar-refractivity contribution in [1.29, 1.82) is 0 Å².